The van der Waals surface area contributed by atoms with Gasteiger partial charge in [0.05, 0.1) is 22.4 Å². The van der Waals surface area contributed by atoms with Crippen LogP contribution in [0, 0.1) is 0 Å². The van der Waals surface area contributed by atoms with Crippen molar-refractivity contribution in [1.29, 1.82) is 0 Å². The molecule has 0 aliphatic carbocycles. The van der Waals surface area contributed by atoms with Gasteiger partial charge in [-0.2, -0.15) is 0 Å². The van der Waals surface area contributed by atoms with E-state index < -0.39 is 0 Å². The van der Waals surface area contributed by atoms with Crippen molar-refractivity contribution < 1.29 is 0 Å². The number of aromatic nitrogens is 2. The summed E-state index contributed by atoms with van der Waals surface area (Å²) in [7, 11) is 0. The Kier molecular flexibility index (Phi) is 5.64. The molecule has 2 aromatic heterocycles. The fourth-order valence-corrected chi connectivity index (χ4v) is 5.42. The van der Waals surface area contributed by atoms with Crippen molar-refractivity contribution in [2.24, 2.45) is 0 Å². The summed E-state index contributed by atoms with van der Waals surface area (Å²) in [6.45, 7) is 3.89. The number of fused-ring (bicyclic) bond motifs is 3. The molecule has 0 spiro atoms. The third kappa shape index (κ3) is 4.13. The van der Waals surface area contributed by atoms with Crippen LogP contribution in [-0.2, 0) is 0 Å². The Morgan fingerprint density at radius 3 is 1.74 bits per heavy atom. The zero-order valence-corrected chi connectivity index (χ0v) is 21.5. The summed E-state index contributed by atoms with van der Waals surface area (Å²) < 4.78 is 2.35. The van der Waals surface area contributed by atoms with Gasteiger partial charge in [0.2, 0.25) is 0 Å². The summed E-state index contributed by atoms with van der Waals surface area (Å²) in [5.74, 6) is 0. The molecule has 0 aliphatic rings. The third-order valence-electron chi connectivity index (χ3n) is 7.35. The molecule has 2 heteroatoms. The van der Waals surface area contributed by atoms with Crippen molar-refractivity contribution in [3.8, 4) is 39.3 Å². The first-order valence-electron chi connectivity index (χ1n) is 13.2. The topological polar surface area (TPSA) is 17.8 Å². The van der Waals surface area contributed by atoms with Gasteiger partial charge in [-0.1, -0.05) is 116 Å². The summed E-state index contributed by atoms with van der Waals surface area (Å²) in [4.78, 5) is 5.17. The number of hydrogen-bond acceptors (Lipinski definition) is 1. The first-order valence-corrected chi connectivity index (χ1v) is 13.2. The zero-order chi connectivity index (χ0) is 26.2. The van der Waals surface area contributed by atoms with Crippen LogP contribution in [0.4, 0.5) is 0 Å². The van der Waals surface area contributed by atoms with Gasteiger partial charge in [0, 0.05) is 27.6 Å². The summed E-state index contributed by atoms with van der Waals surface area (Å²) in [5, 5.41) is 2.51. The molecular weight excluding hydrogens is 472 g/mol. The molecular formula is C37H26N2. The fraction of sp³-hybridized carbons (Fsp3) is 0. The van der Waals surface area contributed by atoms with Gasteiger partial charge in [0.15, 0.2) is 0 Å². The van der Waals surface area contributed by atoms with E-state index in [0.717, 1.165) is 39.3 Å². The molecule has 7 aromatic rings. The van der Waals surface area contributed by atoms with E-state index in [1.807, 2.05) is 6.08 Å². The maximum Gasteiger partial charge on any atom is 0.0716 e. The van der Waals surface area contributed by atoms with Crippen LogP contribution in [-0.4, -0.2) is 9.55 Å². The lowest BCUT2D eigenvalue weighted by molar-refractivity contribution is 1.18. The second kappa shape index (κ2) is 9.59. The maximum absolute atomic E-state index is 5.17. The van der Waals surface area contributed by atoms with E-state index in [-0.39, 0.29) is 0 Å². The monoisotopic (exact) mass is 498 g/mol. The summed E-state index contributed by atoms with van der Waals surface area (Å²) in [5.41, 5.74) is 11.0. The van der Waals surface area contributed by atoms with E-state index in [1.165, 1.54) is 27.4 Å². The smallest absolute Gasteiger partial charge is 0.0716 e. The van der Waals surface area contributed by atoms with Crippen LogP contribution >= 0.6 is 0 Å². The average molecular weight is 499 g/mol. The molecule has 0 N–H and O–H groups in total. The molecule has 0 unspecified atom stereocenters. The lowest BCUT2D eigenvalue weighted by Gasteiger charge is -2.13. The molecule has 184 valence electrons. The van der Waals surface area contributed by atoms with Gasteiger partial charge >= 0.3 is 0 Å². The predicted octanol–water partition coefficient (Wildman–Crippen LogP) is 9.82. The van der Waals surface area contributed by atoms with Crippen LogP contribution in [0.3, 0.4) is 0 Å². The summed E-state index contributed by atoms with van der Waals surface area (Å²) in [6.07, 6.45) is 1.86. The van der Waals surface area contributed by atoms with Crippen LogP contribution in [0.5, 0.6) is 0 Å². The second-order valence-corrected chi connectivity index (χ2v) is 9.74. The highest BCUT2D eigenvalue weighted by atomic mass is 15.0. The maximum atomic E-state index is 5.17. The fourth-order valence-electron chi connectivity index (χ4n) is 5.42. The molecule has 2 nitrogen and oxygen atoms in total. The minimum atomic E-state index is 0.946. The molecule has 0 atom stereocenters. The van der Waals surface area contributed by atoms with Crippen LogP contribution < -0.4 is 0 Å². The van der Waals surface area contributed by atoms with Crippen LogP contribution in [0.25, 0.3) is 67.2 Å². The lowest BCUT2D eigenvalue weighted by atomic mass is 9.99. The van der Waals surface area contributed by atoms with Gasteiger partial charge in [0.25, 0.3) is 0 Å². The van der Waals surface area contributed by atoms with E-state index in [1.54, 1.807) is 0 Å². The van der Waals surface area contributed by atoms with Gasteiger partial charge < -0.3 is 4.57 Å². The Bertz CT molecular complexity index is 1910. The Morgan fingerprint density at radius 2 is 1.08 bits per heavy atom. The first-order chi connectivity index (χ1) is 19.3. The molecule has 0 amide bonds. The molecule has 0 saturated heterocycles. The molecule has 7 rings (SSSR count). The van der Waals surface area contributed by atoms with Crippen LogP contribution in [0.2, 0.25) is 0 Å². The molecule has 0 aliphatic heterocycles. The second-order valence-electron chi connectivity index (χ2n) is 9.74. The minimum absolute atomic E-state index is 0.946. The Morgan fingerprint density at radius 1 is 0.487 bits per heavy atom. The highest BCUT2D eigenvalue weighted by Gasteiger charge is 2.14. The standard InChI is InChI=1S/C37H26N2/c1-2-26-19-21-28(22-20-26)34-24-30(27-11-4-3-5-12-27)25-35(38-34)29-13-10-14-31(23-29)39-36-17-8-6-15-32(36)33-16-7-9-18-37(33)39/h2-25H,1H2. The van der Waals surface area contributed by atoms with Gasteiger partial charge in [0.1, 0.15) is 0 Å². The molecule has 39 heavy (non-hydrogen) atoms. The molecule has 0 saturated carbocycles. The number of hydrogen-bond donors (Lipinski definition) is 0. The van der Waals surface area contributed by atoms with Gasteiger partial charge in [-0.15, -0.1) is 0 Å². The van der Waals surface area contributed by atoms with Crippen LogP contribution in [0.15, 0.2) is 146 Å². The first kappa shape index (κ1) is 22.9. The number of pyridine rings is 1. The van der Waals surface area contributed by atoms with Gasteiger partial charge in [-0.05, 0) is 53.1 Å². The van der Waals surface area contributed by atoms with Crippen molar-refractivity contribution in [2.45, 2.75) is 0 Å². The molecule has 0 fully saturated rings. The van der Waals surface area contributed by atoms with Gasteiger partial charge in [-0.3, -0.25) is 0 Å². The minimum Gasteiger partial charge on any atom is -0.309 e. The summed E-state index contributed by atoms with van der Waals surface area (Å²) in [6, 6.07) is 49.2. The number of para-hydroxylation sites is 2. The summed E-state index contributed by atoms with van der Waals surface area (Å²) >= 11 is 0. The van der Waals surface area contributed by atoms with Crippen molar-refractivity contribution >= 4 is 27.9 Å². The van der Waals surface area contributed by atoms with E-state index in [0.29, 0.717) is 0 Å². The highest BCUT2D eigenvalue weighted by Crippen LogP contribution is 2.34. The lowest BCUT2D eigenvalue weighted by Crippen LogP contribution is -1.96. The van der Waals surface area contributed by atoms with Crippen molar-refractivity contribution in [1.82, 2.24) is 9.55 Å². The largest absolute Gasteiger partial charge is 0.309 e. The van der Waals surface area contributed by atoms with Crippen molar-refractivity contribution in [2.75, 3.05) is 0 Å². The Balaban J connectivity index is 1.42. The SMILES string of the molecule is C=Cc1ccc(-c2cc(-c3ccccc3)cc(-c3cccc(-n4c5ccccc5c5ccccc54)c3)n2)cc1. The Labute approximate surface area is 228 Å². The third-order valence-corrected chi connectivity index (χ3v) is 7.35. The highest BCUT2D eigenvalue weighted by molar-refractivity contribution is 6.09. The van der Waals surface area contributed by atoms with E-state index in [9.17, 15) is 0 Å². The Hall–Kier alpha value is -5.21. The van der Waals surface area contributed by atoms with E-state index in [2.05, 4.69) is 151 Å². The van der Waals surface area contributed by atoms with Crippen LogP contribution in [0.1, 0.15) is 5.56 Å². The average Bonchev–Trinajstić information content (AvgIpc) is 3.36. The van der Waals surface area contributed by atoms with E-state index >= 15 is 0 Å². The van der Waals surface area contributed by atoms with Gasteiger partial charge in [-0.25, -0.2) is 4.98 Å². The molecule has 0 bridgehead atoms. The van der Waals surface area contributed by atoms with Crippen molar-refractivity contribution in [3.05, 3.63) is 152 Å². The molecule has 2 heterocycles. The number of benzene rings is 5. The predicted molar refractivity (Wildman–Crippen MR) is 165 cm³/mol. The molecule has 0 radical (unpaired) electrons. The molecule has 5 aromatic carbocycles. The quantitative estimate of drug-likeness (QED) is 0.231. The zero-order valence-electron chi connectivity index (χ0n) is 21.5. The van der Waals surface area contributed by atoms with Crippen molar-refractivity contribution in [3.63, 3.8) is 0 Å². The number of nitrogens with zero attached hydrogens (tertiary/aromatic N) is 2. The normalized spacial score (nSPS) is 11.2. The van der Waals surface area contributed by atoms with E-state index in [4.69, 9.17) is 4.98 Å². The number of rotatable bonds is 5.